The Labute approximate surface area is 330 Å². The predicted molar refractivity (Wildman–Crippen MR) is 207 cm³/mol. The standard InChI is InChI=1S/C41H49FN4O9S/c1-50-16-17-52-20-21-53-19-18-51-15-9-40(49)54-28-39(48)46-13-11-45(12-14-46)27-31-4-6-34(44-26-31)38-25-35-41(56-38)37(8-10-43-35)55-36-7-5-30(24-33(36)42)23-32(47)22-29-2-3-29/h4-8,10,24-26,29H,2-3,9,11-23,27-28H2,1H3. The van der Waals surface area contributed by atoms with Gasteiger partial charge in [-0.2, -0.15) is 0 Å². The fourth-order valence-electron chi connectivity index (χ4n) is 6.14. The zero-order chi connectivity index (χ0) is 39.1. The molecule has 15 heteroatoms. The van der Waals surface area contributed by atoms with Crippen molar-refractivity contribution in [2.24, 2.45) is 5.92 Å². The van der Waals surface area contributed by atoms with E-state index in [1.54, 1.807) is 36.4 Å². The van der Waals surface area contributed by atoms with Gasteiger partial charge in [0.15, 0.2) is 18.2 Å². The van der Waals surface area contributed by atoms with Crippen molar-refractivity contribution in [3.63, 3.8) is 0 Å². The molecule has 2 aliphatic rings. The average molecular weight is 793 g/mol. The molecule has 1 saturated heterocycles. The van der Waals surface area contributed by atoms with Gasteiger partial charge in [0, 0.05) is 71.1 Å². The highest BCUT2D eigenvalue weighted by Crippen LogP contribution is 2.39. The first-order valence-electron chi connectivity index (χ1n) is 19.0. The molecule has 0 spiro atoms. The topological polar surface area (TPSA) is 139 Å². The maximum absolute atomic E-state index is 15.0. The molecular formula is C41H49FN4O9S. The molecule has 0 N–H and O–H groups in total. The third-order valence-corrected chi connectivity index (χ3v) is 10.6. The predicted octanol–water partition coefficient (Wildman–Crippen LogP) is 5.48. The molecule has 4 aromatic rings. The minimum atomic E-state index is -0.512. The van der Waals surface area contributed by atoms with Crippen molar-refractivity contribution < 1.29 is 47.2 Å². The minimum absolute atomic E-state index is 0.0607. The molecule has 1 saturated carbocycles. The van der Waals surface area contributed by atoms with Crippen LogP contribution in [0.2, 0.25) is 0 Å². The van der Waals surface area contributed by atoms with E-state index >= 15 is 4.39 Å². The van der Waals surface area contributed by atoms with Crippen molar-refractivity contribution in [2.75, 3.05) is 86.1 Å². The summed E-state index contributed by atoms with van der Waals surface area (Å²) in [7, 11) is 1.62. The fraction of sp³-hybridized carbons (Fsp3) is 0.488. The SMILES string of the molecule is COCCOCCOCCOCCC(=O)OCC(=O)N1CCN(Cc2ccc(-c3cc4nccc(Oc5ccc(CC(=O)CC6CC6)cc5F)c4s3)nc2)CC1. The molecule has 1 aromatic carbocycles. The molecule has 0 atom stereocenters. The number of aromatic nitrogens is 2. The highest BCUT2D eigenvalue weighted by atomic mass is 32.1. The van der Waals surface area contributed by atoms with Crippen LogP contribution < -0.4 is 4.74 Å². The Kier molecular flexibility index (Phi) is 15.6. The van der Waals surface area contributed by atoms with E-state index in [0.29, 0.717) is 96.0 Å². The van der Waals surface area contributed by atoms with Crippen LogP contribution in [0.5, 0.6) is 11.5 Å². The number of Topliss-reactive ketones (excluding diaryl/α,β-unsaturated/α-hetero) is 1. The lowest BCUT2D eigenvalue weighted by molar-refractivity contribution is -0.153. The number of ether oxygens (including phenoxy) is 6. The monoisotopic (exact) mass is 792 g/mol. The molecule has 56 heavy (non-hydrogen) atoms. The highest BCUT2D eigenvalue weighted by Gasteiger charge is 2.25. The van der Waals surface area contributed by atoms with E-state index in [0.717, 1.165) is 39.2 Å². The van der Waals surface area contributed by atoms with Gasteiger partial charge in [0.2, 0.25) is 0 Å². The first-order chi connectivity index (χ1) is 27.3. The van der Waals surface area contributed by atoms with Crippen LogP contribution in [0.3, 0.4) is 0 Å². The summed E-state index contributed by atoms with van der Waals surface area (Å²) < 4.78 is 48.0. The maximum atomic E-state index is 15.0. The molecule has 6 rings (SSSR count). The zero-order valence-corrected chi connectivity index (χ0v) is 32.6. The Morgan fingerprint density at radius 1 is 0.839 bits per heavy atom. The smallest absolute Gasteiger partial charge is 0.308 e. The average Bonchev–Trinajstić information content (AvgIpc) is 3.90. The molecule has 2 fully saturated rings. The quantitative estimate of drug-likeness (QED) is 0.0695. The summed E-state index contributed by atoms with van der Waals surface area (Å²) in [4.78, 5) is 51.1. The number of ketones is 1. The molecule has 1 aliphatic carbocycles. The van der Waals surface area contributed by atoms with E-state index in [-0.39, 0.29) is 43.5 Å². The first-order valence-corrected chi connectivity index (χ1v) is 19.9. The molecule has 0 bridgehead atoms. The molecule has 0 radical (unpaired) electrons. The van der Waals surface area contributed by atoms with Gasteiger partial charge in [-0.1, -0.05) is 12.1 Å². The summed E-state index contributed by atoms with van der Waals surface area (Å²) in [5, 5.41) is 0. The van der Waals surface area contributed by atoms with Crippen molar-refractivity contribution in [3.05, 3.63) is 71.8 Å². The van der Waals surface area contributed by atoms with Crippen LogP contribution in [0.4, 0.5) is 4.39 Å². The maximum Gasteiger partial charge on any atom is 0.308 e. The molecule has 300 valence electrons. The summed E-state index contributed by atoms with van der Waals surface area (Å²) >= 11 is 1.47. The second-order valence-corrected chi connectivity index (χ2v) is 14.9. The van der Waals surface area contributed by atoms with Crippen molar-refractivity contribution >= 4 is 39.2 Å². The second kappa shape index (κ2) is 21.2. The van der Waals surface area contributed by atoms with Crippen molar-refractivity contribution in [3.8, 4) is 22.1 Å². The third-order valence-electron chi connectivity index (χ3n) is 9.40. The fourth-order valence-corrected chi connectivity index (χ4v) is 7.19. The lowest BCUT2D eigenvalue weighted by Gasteiger charge is -2.34. The van der Waals surface area contributed by atoms with Gasteiger partial charge < -0.3 is 33.3 Å². The first kappa shape index (κ1) is 41.3. The number of hydrogen-bond donors (Lipinski definition) is 0. The molecule has 0 unspecified atom stereocenters. The zero-order valence-electron chi connectivity index (χ0n) is 31.8. The van der Waals surface area contributed by atoms with Crippen LogP contribution in [0.15, 0.2) is 54.9 Å². The van der Waals surface area contributed by atoms with E-state index < -0.39 is 11.8 Å². The normalized spacial score (nSPS) is 14.6. The van der Waals surface area contributed by atoms with E-state index in [2.05, 4.69) is 9.88 Å². The number of hydrogen-bond acceptors (Lipinski definition) is 13. The van der Waals surface area contributed by atoms with E-state index in [9.17, 15) is 14.4 Å². The van der Waals surface area contributed by atoms with Gasteiger partial charge in [-0.25, -0.2) is 4.39 Å². The van der Waals surface area contributed by atoms with Crippen molar-refractivity contribution in [2.45, 2.75) is 38.6 Å². The summed E-state index contributed by atoms with van der Waals surface area (Å²) in [6.45, 7) is 5.78. The van der Waals surface area contributed by atoms with Crippen LogP contribution in [-0.2, 0) is 51.0 Å². The Hall–Kier alpha value is -4.38. The lowest BCUT2D eigenvalue weighted by Crippen LogP contribution is -2.49. The number of halogens is 1. The van der Waals surface area contributed by atoms with Gasteiger partial charge in [0.05, 0.1) is 73.5 Å². The van der Waals surface area contributed by atoms with Gasteiger partial charge >= 0.3 is 5.97 Å². The van der Waals surface area contributed by atoms with Crippen LogP contribution in [0.25, 0.3) is 20.8 Å². The summed E-state index contributed by atoms with van der Waals surface area (Å²) in [5.74, 6) is 0.0277. The number of thiophene rings is 1. The largest absolute Gasteiger partial charge is 0.455 e. The number of benzene rings is 1. The van der Waals surface area contributed by atoms with Gasteiger partial charge in [0.1, 0.15) is 11.5 Å². The Balaban J connectivity index is 0.893. The number of piperazine rings is 1. The van der Waals surface area contributed by atoms with Crippen molar-refractivity contribution in [1.29, 1.82) is 0 Å². The summed E-state index contributed by atoms with van der Waals surface area (Å²) in [5.41, 5.74) is 3.20. The molecular weight excluding hydrogens is 744 g/mol. The number of rotatable bonds is 23. The number of carbonyl (C=O) groups is 3. The van der Waals surface area contributed by atoms with Crippen LogP contribution in [-0.4, -0.2) is 124 Å². The van der Waals surface area contributed by atoms with Crippen LogP contribution >= 0.6 is 11.3 Å². The highest BCUT2D eigenvalue weighted by molar-refractivity contribution is 7.22. The number of esters is 1. The molecule has 13 nitrogen and oxygen atoms in total. The van der Waals surface area contributed by atoms with Gasteiger partial charge in [0.25, 0.3) is 5.91 Å². The van der Waals surface area contributed by atoms with E-state index in [4.69, 9.17) is 33.4 Å². The van der Waals surface area contributed by atoms with Crippen LogP contribution in [0.1, 0.15) is 36.8 Å². The Morgan fingerprint density at radius 2 is 1.57 bits per heavy atom. The summed E-state index contributed by atoms with van der Waals surface area (Å²) in [6.07, 6.45) is 6.57. The molecule has 1 aliphatic heterocycles. The Bertz CT molecular complexity index is 1900. The van der Waals surface area contributed by atoms with E-state index in [1.165, 1.54) is 17.4 Å². The van der Waals surface area contributed by atoms with E-state index in [1.807, 2.05) is 24.4 Å². The minimum Gasteiger partial charge on any atom is -0.455 e. The number of carbonyl (C=O) groups excluding carboxylic acids is 3. The molecule has 4 heterocycles. The number of amides is 1. The summed E-state index contributed by atoms with van der Waals surface area (Å²) in [6, 6.07) is 12.4. The number of methoxy groups -OCH3 is 1. The molecule has 1 amide bonds. The van der Waals surface area contributed by atoms with Gasteiger partial charge in [-0.15, -0.1) is 11.3 Å². The van der Waals surface area contributed by atoms with Crippen LogP contribution in [0, 0.1) is 11.7 Å². The third kappa shape index (κ3) is 12.8. The Morgan fingerprint density at radius 3 is 2.27 bits per heavy atom. The number of pyridine rings is 2. The van der Waals surface area contributed by atoms with Gasteiger partial charge in [-0.3, -0.25) is 29.3 Å². The molecule has 3 aromatic heterocycles. The van der Waals surface area contributed by atoms with Gasteiger partial charge in [-0.05, 0) is 54.2 Å². The number of fused-ring (bicyclic) bond motifs is 1. The van der Waals surface area contributed by atoms with Crippen molar-refractivity contribution in [1.82, 2.24) is 19.8 Å². The second-order valence-electron chi connectivity index (χ2n) is 13.8. The number of nitrogens with zero attached hydrogens (tertiary/aromatic N) is 4. The lowest BCUT2D eigenvalue weighted by atomic mass is 10.0.